The zero-order valence-corrected chi connectivity index (χ0v) is 10.3. The molecule has 72 valence electrons. The molecule has 0 radical (unpaired) electrons. The van der Waals surface area contributed by atoms with Crippen molar-refractivity contribution in [3.05, 3.63) is 60.7 Å². The molecule has 0 atom stereocenters. The van der Waals surface area contributed by atoms with Crippen LogP contribution in [0, 0.1) is 0 Å². The van der Waals surface area contributed by atoms with Gasteiger partial charge in [0.05, 0.1) is 0 Å². The molecule has 0 spiro atoms. The van der Waals surface area contributed by atoms with Gasteiger partial charge < -0.3 is 0 Å². The molecule has 14 heavy (non-hydrogen) atoms. The van der Waals surface area contributed by atoms with Crippen LogP contribution >= 0.6 is 0 Å². The average molecular weight is 220 g/mol. The first-order valence-corrected chi connectivity index (χ1v) is 5.36. The van der Waals surface area contributed by atoms with Gasteiger partial charge in [-0.05, 0) is 0 Å². The first kappa shape index (κ1) is 13.3. The van der Waals surface area contributed by atoms with Gasteiger partial charge in [-0.25, -0.2) is 24.3 Å². The van der Waals surface area contributed by atoms with E-state index in [4.69, 9.17) is 0 Å². The molecule has 0 saturated heterocycles. The molecule has 0 amide bonds. The molecule has 0 N–H and O–H groups in total. The third-order valence-electron chi connectivity index (χ3n) is 1.11. The van der Waals surface area contributed by atoms with Gasteiger partial charge in [-0.15, -0.1) is 0 Å². The van der Waals surface area contributed by atoms with Crippen LogP contribution in [0.25, 0.3) is 0 Å². The normalized spacial score (nSPS) is 7.71. The Morgan fingerprint density at radius 3 is 1.07 bits per heavy atom. The van der Waals surface area contributed by atoms with Gasteiger partial charge in [-0.3, -0.25) is 0 Å². The van der Waals surface area contributed by atoms with Crippen LogP contribution in [0.15, 0.2) is 60.7 Å². The first-order valence-electron chi connectivity index (χ1n) is 4.58. The summed E-state index contributed by atoms with van der Waals surface area (Å²) in [5, 5.41) is 0. The van der Waals surface area contributed by atoms with Crippen molar-refractivity contribution in [3.63, 3.8) is 0 Å². The van der Waals surface area contributed by atoms with Crippen molar-refractivity contribution in [1.29, 1.82) is 0 Å². The fourth-order valence-corrected chi connectivity index (χ4v) is 0.642. The maximum absolute atomic E-state index is 2.08. The summed E-state index contributed by atoms with van der Waals surface area (Å²) in [5.41, 5.74) is 0. The number of rotatable bonds is 0. The van der Waals surface area contributed by atoms with Crippen molar-refractivity contribution in [2.45, 2.75) is 13.8 Å². The Balaban J connectivity index is 0.000000183. The van der Waals surface area contributed by atoms with Crippen LogP contribution in [-0.2, 0) is 20.0 Å². The second-order valence-electron chi connectivity index (χ2n) is 2.92. The van der Waals surface area contributed by atoms with E-state index in [0.29, 0.717) is 0 Å². The van der Waals surface area contributed by atoms with Gasteiger partial charge >= 0.3 is 37.6 Å². The summed E-state index contributed by atoms with van der Waals surface area (Å²) >= 11 is 2.08. The summed E-state index contributed by atoms with van der Waals surface area (Å²) in [6, 6.07) is 20.0. The Bertz CT molecular complexity index is 212. The zero-order chi connectivity index (χ0) is 10.6. The first-order chi connectivity index (χ1) is 6.73. The van der Waals surface area contributed by atoms with Crippen molar-refractivity contribution in [2.24, 2.45) is 0 Å². The molecule has 2 aromatic rings. The monoisotopic (exact) mass is 220 g/mol. The Morgan fingerprint density at radius 2 is 1.00 bits per heavy atom. The molecule has 2 rings (SSSR count). The molecule has 1 heteroatoms. The molecule has 0 heterocycles. The molecule has 0 nitrogen and oxygen atoms in total. The van der Waals surface area contributed by atoms with Gasteiger partial charge in [0, 0.05) is 0 Å². The van der Waals surface area contributed by atoms with E-state index in [9.17, 15) is 0 Å². The van der Waals surface area contributed by atoms with Crippen LogP contribution in [-0.4, -0.2) is 3.81 Å². The average Bonchev–Trinajstić information content (AvgIpc) is 2.83. The standard InChI is InChI=1S/2C5H5.C3H6.Ti/c2*1-2-4-5-3-1;1-3-2;/h2*1-5H;1-2H3;/q2*-1;;+2. The number of hydrogen-bond acceptors (Lipinski definition) is 0. The van der Waals surface area contributed by atoms with Crippen molar-refractivity contribution < 1.29 is 20.0 Å². The minimum Gasteiger partial charge on any atom is -0.214 e. The molecule has 0 fully saturated rings. The molecule has 0 aliphatic rings. The topological polar surface area (TPSA) is 0 Å². The Kier molecular flexibility index (Phi) is 9.84. The largest absolute Gasteiger partial charge is 0.214 e. The Labute approximate surface area is 98.2 Å². The van der Waals surface area contributed by atoms with Gasteiger partial charge in [0.1, 0.15) is 0 Å². The fourth-order valence-electron chi connectivity index (χ4n) is 0.642. The second kappa shape index (κ2) is 10.4. The second-order valence-corrected chi connectivity index (χ2v) is 4.49. The molecule has 2 aromatic carbocycles. The predicted molar refractivity (Wildman–Crippen MR) is 60.4 cm³/mol. The Hall–Kier alpha value is -0.716. The van der Waals surface area contributed by atoms with E-state index in [2.05, 4.69) is 33.8 Å². The third kappa shape index (κ3) is 13.8. The zero-order valence-electron chi connectivity index (χ0n) is 8.77. The van der Waals surface area contributed by atoms with Crippen LogP contribution in [0.5, 0.6) is 0 Å². The van der Waals surface area contributed by atoms with E-state index in [-0.39, 0.29) is 0 Å². The maximum Gasteiger partial charge on any atom is -0.172 e. The van der Waals surface area contributed by atoms with Crippen LogP contribution in [0.3, 0.4) is 0 Å². The van der Waals surface area contributed by atoms with E-state index in [1.807, 2.05) is 60.7 Å². The molecular formula is C13H16Ti. The van der Waals surface area contributed by atoms with Gasteiger partial charge in [0.25, 0.3) is 0 Å². The van der Waals surface area contributed by atoms with E-state index in [0.717, 1.165) is 0 Å². The van der Waals surface area contributed by atoms with E-state index < -0.39 is 0 Å². The van der Waals surface area contributed by atoms with Gasteiger partial charge in [0.2, 0.25) is 0 Å². The van der Waals surface area contributed by atoms with Crippen molar-refractivity contribution in [2.75, 3.05) is 0 Å². The molecule has 0 unspecified atom stereocenters. The SMILES string of the molecule is C[C](C)=[Ti+2].c1cc[cH-]c1.c1cc[cH-]c1. The summed E-state index contributed by atoms with van der Waals surface area (Å²) in [5.74, 6) is 0. The summed E-state index contributed by atoms with van der Waals surface area (Å²) in [6.45, 7) is 4.17. The van der Waals surface area contributed by atoms with Crippen molar-refractivity contribution in [3.8, 4) is 0 Å². The quantitative estimate of drug-likeness (QED) is 0.470. The van der Waals surface area contributed by atoms with Crippen molar-refractivity contribution >= 4 is 3.81 Å². The van der Waals surface area contributed by atoms with Gasteiger partial charge in [-0.1, -0.05) is 0 Å². The van der Waals surface area contributed by atoms with Crippen LogP contribution in [0.2, 0.25) is 0 Å². The van der Waals surface area contributed by atoms with Crippen LogP contribution < -0.4 is 0 Å². The minimum absolute atomic E-state index is 1.42. The molecule has 0 aromatic heterocycles. The summed E-state index contributed by atoms with van der Waals surface area (Å²) < 4.78 is 1.42. The Morgan fingerprint density at radius 1 is 0.786 bits per heavy atom. The van der Waals surface area contributed by atoms with Gasteiger partial charge in [0.15, 0.2) is 0 Å². The third-order valence-corrected chi connectivity index (χ3v) is 1.11. The fraction of sp³-hybridized carbons (Fsp3) is 0.154. The van der Waals surface area contributed by atoms with Crippen LogP contribution in [0.1, 0.15) is 13.8 Å². The van der Waals surface area contributed by atoms with E-state index in [1.165, 1.54) is 3.81 Å². The summed E-state index contributed by atoms with van der Waals surface area (Å²) in [4.78, 5) is 0. The van der Waals surface area contributed by atoms with E-state index >= 15 is 0 Å². The number of hydrogen-bond donors (Lipinski definition) is 0. The minimum atomic E-state index is 1.42. The molecule has 0 aliphatic carbocycles. The van der Waals surface area contributed by atoms with Crippen LogP contribution in [0.4, 0.5) is 0 Å². The molecule has 0 bridgehead atoms. The van der Waals surface area contributed by atoms with Crippen molar-refractivity contribution in [1.82, 2.24) is 0 Å². The molecule has 0 saturated carbocycles. The van der Waals surface area contributed by atoms with E-state index in [1.54, 1.807) is 0 Å². The van der Waals surface area contributed by atoms with Gasteiger partial charge in [-0.2, -0.15) is 36.4 Å². The molecule has 0 aliphatic heterocycles. The maximum atomic E-state index is 2.08. The molecular weight excluding hydrogens is 204 g/mol. The summed E-state index contributed by atoms with van der Waals surface area (Å²) in [7, 11) is 0. The summed E-state index contributed by atoms with van der Waals surface area (Å²) in [6.07, 6.45) is 0. The smallest absolute Gasteiger partial charge is 0.172 e. The predicted octanol–water partition coefficient (Wildman–Crippen LogP) is 3.56.